The summed E-state index contributed by atoms with van der Waals surface area (Å²) in [5.74, 6) is 0. The smallest absolute Gasteiger partial charge is 0.321 e. The van der Waals surface area contributed by atoms with Crippen molar-refractivity contribution >= 4 is 30.4 Å². The molecular weight excluding hydrogens is 344 g/mol. The maximum atomic E-state index is 11.0. The number of rotatable bonds is 7. The van der Waals surface area contributed by atoms with Crippen LogP contribution in [0.2, 0.25) is 0 Å². The maximum absolute atomic E-state index is 11.0. The highest BCUT2D eigenvalue weighted by atomic mass is 32.2. The van der Waals surface area contributed by atoms with Crippen molar-refractivity contribution in [2.45, 2.75) is 35.4 Å². The second-order valence-corrected chi connectivity index (χ2v) is 9.26. The van der Waals surface area contributed by atoms with Gasteiger partial charge in [-0.2, -0.15) is 25.3 Å². The first-order chi connectivity index (χ1) is 8.48. The summed E-state index contributed by atoms with van der Waals surface area (Å²) in [6.45, 7) is 0.845. The summed E-state index contributed by atoms with van der Waals surface area (Å²) >= 11 is 0. The normalized spacial score (nSPS) is 17.7. The highest BCUT2D eigenvalue weighted by molar-refractivity contribution is 7.88. The monoisotopic (exact) mass is 358 g/mol. The zero-order valence-electron chi connectivity index (χ0n) is 9.98. The molecule has 0 aromatic rings. The van der Waals surface area contributed by atoms with E-state index in [1.165, 1.54) is 0 Å². The van der Waals surface area contributed by atoms with Crippen LogP contribution in [0.15, 0.2) is 0 Å². The van der Waals surface area contributed by atoms with E-state index in [2.05, 4.69) is 0 Å². The lowest BCUT2D eigenvalue weighted by Crippen LogP contribution is -2.44. The van der Waals surface area contributed by atoms with Crippen molar-refractivity contribution in [3.8, 4) is 0 Å². The van der Waals surface area contributed by atoms with Crippen LogP contribution in [0.5, 0.6) is 0 Å². The van der Waals surface area contributed by atoms with E-state index in [0.717, 1.165) is 6.92 Å². The summed E-state index contributed by atoms with van der Waals surface area (Å²) < 4.78 is 90.6. The lowest BCUT2D eigenvalue weighted by atomic mass is 10.2. The highest BCUT2D eigenvalue weighted by Crippen LogP contribution is 2.24. The van der Waals surface area contributed by atoms with E-state index in [9.17, 15) is 25.3 Å². The molecule has 0 rings (SSSR count). The van der Waals surface area contributed by atoms with E-state index in [1.807, 2.05) is 0 Å². The molecule has 0 aromatic carbocycles. The first kappa shape index (κ1) is 19.7. The fourth-order valence-electron chi connectivity index (χ4n) is 1.20. The molecule has 2 atom stereocenters. The van der Waals surface area contributed by atoms with Crippen molar-refractivity contribution in [2.24, 2.45) is 0 Å². The summed E-state index contributed by atoms with van der Waals surface area (Å²) in [6.07, 6.45) is -2.65. The van der Waals surface area contributed by atoms with Crippen LogP contribution in [-0.4, -0.2) is 64.7 Å². The molecule has 0 aliphatic rings. The quantitative estimate of drug-likeness (QED) is 0.244. The molecule has 0 heterocycles. The molecule has 0 radical (unpaired) electrons. The minimum Gasteiger partial charge on any atom is -0.352 e. The first-order valence-corrected chi connectivity index (χ1v) is 9.27. The fraction of sp³-hybridized carbons (Fsp3) is 1.00. The van der Waals surface area contributed by atoms with Crippen molar-refractivity contribution in [3.05, 3.63) is 0 Å². The highest BCUT2D eigenvalue weighted by Gasteiger charge is 2.45. The molecule has 122 valence electrons. The van der Waals surface area contributed by atoms with Crippen molar-refractivity contribution in [1.82, 2.24) is 0 Å². The van der Waals surface area contributed by atoms with E-state index in [1.54, 1.807) is 0 Å². The fourth-order valence-corrected chi connectivity index (χ4v) is 3.29. The summed E-state index contributed by atoms with van der Waals surface area (Å²) in [6, 6.07) is 0. The van der Waals surface area contributed by atoms with Gasteiger partial charge in [-0.25, -0.2) is 0 Å². The molecule has 0 bridgehead atoms. The van der Waals surface area contributed by atoms with Crippen LogP contribution in [0, 0.1) is 0 Å². The van der Waals surface area contributed by atoms with Gasteiger partial charge < -0.3 is 10.2 Å². The Labute approximate surface area is 115 Å². The molecule has 0 saturated heterocycles. The third-order valence-electron chi connectivity index (χ3n) is 2.43. The summed E-state index contributed by atoms with van der Waals surface area (Å²) in [7, 11) is -15.3. The van der Waals surface area contributed by atoms with Crippen molar-refractivity contribution < 1.29 is 49.1 Å². The van der Waals surface area contributed by atoms with Crippen LogP contribution in [-0.2, 0) is 30.4 Å². The van der Waals surface area contributed by atoms with Gasteiger partial charge in [0.15, 0.2) is 0 Å². The van der Waals surface area contributed by atoms with E-state index in [0.29, 0.717) is 0 Å². The van der Waals surface area contributed by atoms with E-state index in [-0.39, 0.29) is 0 Å². The molecule has 5 N–H and O–H groups in total. The van der Waals surface area contributed by atoms with Gasteiger partial charge in [-0.05, 0) is 13.3 Å². The predicted molar refractivity (Wildman–Crippen MR) is 64.3 cm³/mol. The molecule has 0 aliphatic heterocycles. The number of hydrogen-bond acceptors (Lipinski definition) is 8. The molecule has 0 saturated carbocycles. The first-order valence-electron chi connectivity index (χ1n) is 4.83. The molecule has 11 nitrogen and oxygen atoms in total. The second-order valence-electron chi connectivity index (χ2n) is 4.12. The second kappa shape index (κ2) is 5.80. The molecular formula is C6H14O11S3. The Morgan fingerprint density at radius 2 is 1.30 bits per heavy atom. The van der Waals surface area contributed by atoms with Gasteiger partial charge in [0.2, 0.25) is 0 Å². The summed E-state index contributed by atoms with van der Waals surface area (Å²) in [4.78, 5) is 0. The molecule has 0 aromatic heterocycles. The average Bonchev–Trinajstić information content (AvgIpc) is 2.11. The topological polar surface area (TPSA) is 204 Å². The lowest BCUT2D eigenvalue weighted by Gasteiger charge is -2.23. The standard InChI is InChI=1S/C6H14O11S3/c1-4(18(9,10)11)2-5(19(12,13)14)3-6(7,8)20(15,16)17/h4-5,7-8H,2-3H2,1H3,(H,9,10,11)(H,12,13,14)(H,15,16,17). The van der Waals surface area contributed by atoms with E-state index >= 15 is 0 Å². The minimum absolute atomic E-state index is 0.845. The Morgan fingerprint density at radius 1 is 0.900 bits per heavy atom. The van der Waals surface area contributed by atoms with Gasteiger partial charge in [-0.3, -0.25) is 13.7 Å². The molecule has 0 spiro atoms. The van der Waals surface area contributed by atoms with Crippen LogP contribution < -0.4 is 0 Å². The van der Waals surface area contributed by atoms with Crippen LogP contribution in [0.25, 0.3) is 0 Å². The van der Waals surface area contributed by atoms with Gasteiger partial charge in [0, 0.05) is 6.42 Å². The Hall–Kier alpha value is -0.350. The van der Waals surface area contributed by atoms with Gasteiger partial charge in [-0.1, -0.05) is 0 Å². The summed E-state index contributed by atoms with van der Waals surface area (Å²) in [5, 5.41) is 10.1. The largest absolute Gasteiger partial charge is 0.352 e. The van der Waals surface area contributed by atoms with Crippen molar-refractivity contribution in [1.29, 1.82) is 0 Å². The van der Waals surface area contributed by atoms with Crippen LogP contribution in [0.4, 0.5) is 0 Å². The van der Waals surface area contributed by atoms with Gasteiger partial charge in [-0.15, -0.1) is 0 Å². The SMILES string of the molecule is CC(CC(CC(O)(O)S(=O)(=O)O)S(=O)(=O)O)S(=O)(=O)O. The number of aliphatic hydroxyl groups is 2. The van der Waals surface area contributed by atoms with Crippen LogP contribution in [0.3, 0.4) is 0 Å². The predicted octanol–water partition coefficient (Wildman–Crippen LogP) is -2.17. The zero-order valence-corrected chi connectivity index (χ0v) is 12.4. The Kier molecular flexibility index (Phi) is 5.70. The minimum atomic E-state index is -5.51. The third-order valence-corrected chi connectivity index (χ3v) is 5.84. The van der Waals surface area contributed by atoms with Crippen LogP contribution >= 0.6 is 0 Å². The van der Waals surface area contributed by atoms with Crippen LogP contribution in [0.1, 0.15) is 19.8 Å². The Bertz CT molecular complexity index is 640. The van der Waals surface area contributed by atoms with Crippen molar-refractivity contribution in [3.63, 3.8) is 0 Å². The molecule has 20 heavy (non-hydrogen) atoms. The maximum Gasteiger partial charge on any atom is 0.321 e. The molecule has 0 amide bonds. The Morgan fingerprint density at radius 3 is 1.55 bits per heavy atom. The molecule has 0 fully saturated rings. The number of hydrogen-bond donors (Lipinski definition) is 5. The van der Waals surface area contributed by atoms with Gasteiger partial charge in [0.05, 0.1) is 10.5 Å². The lowest BCUT2D eigenvalue weighted by molar-refractivity contribution is -0.0967. The van der Waals surface area contributed by atoms with E-state index < -0.39 is 58.8 Å². The summed E-state index contributed by atoms with van der Waals surface area (Å²) in [5.41, 5.74) is 0. The van der Waals surface area contributed by atoms with Gasteiger partial charge >= 0.3 is 10.1 Å². The molecule has 2 unspecified atom stereocenters. The molecule has 0 aliphatic carbocycles. The third kappa shape index (κ3) is 5.57. The van der Waals surface area contributed by atoms with E-state index in [4.69, 9.17) is 23.9 Å². The Balaban J connectivity index is 5.45. The zero-order chi connectivity index (χ0) is 16.6. The van der Waals surface area contributed by atoms with Gasteiger partial charge in [0.25, 0.3) is 25.4 Å². The van der Waals surface area contributed by atoms with Gasteiger partial charge in [0.1, 0.15) is 0 Å². The average molecular weight is 358 g/mol. The van der Waals surface area contributed by atoms with Crippen molar-refractivity contribution in [2.75, 3.05) is 0 Å². The molecule has 14 heteroatoms.